The summed E-state index contributed by atoms with van der Waals surface area (Å²) in [5.74, 6) is -0.612. The van der Waals surface area contributed by atoms with Crippen LogP contribution in [0.3, 0.4) is 0 Å². The van der Waals surface area contributed by atoms with Crippen molar-refractivity contribution in [2.45, 2.75) is 6.42 Å². The van der Waals surface area contributed by atoms with E-state index in [0.29, 0.717) is 37.8 Å². The highest BCUT2D eigenvalue weighted by molar-refractivity contribution is 6.30. The number of aromatic nitrogens is 2. The molecule has 0 saturated carbocycles. The lowest BCUT2D eigenvalue weighted by molar-refractivity contribution is -0.117. The Kier molecular flexibility index (Phi) is 5.00. The van der Waals surface area contributed by atoms with Gasteiger partial charge in [-0.3, -0.25) is 14.2 Å². The number of hydrogen-bond acceptors (Lipinski definition) is 5. The van der Waals surface area contributed by atoms with Gasteiger partial charge in [0.1, 0.15) is 17.5 Å². The second kappa shape index (κ2) is 7.20. The molecule has 0 atom stereocenters. The van der Waals surface area contributed by atoms with Gasteiger partial charge in [-0.25, -0.2) is 9.37 Å². The van der Waals surface area contributed by atoms with Crippen LogP contribution in [0.1, 0.15) is 5.82 Å². The van der Waals surface area contributed by atoms with Crippen LogP contribution in [-0.2, 0) is 16.0 Å². The molecular formula is C16H16ClFN4O3. The Morgan fingerprint density at radius 1 is 1.32 bits per heavy atom. The maximum absolute atomic E-state index is 13.4. The number of nitrogens with zero attached hydrogens (tertiary/aromatic N) is 3. The van der Waals surface area contributed by atoms with E-state index in [9.17, 15) is 14.0 Å². The second-order valence-corrected chi connectivity index (χ2v) is 5.95. The standard InChI is InChI=1S/C16H16ClFN4O3/c17-11-7-10(1-2-12(11)18)22-15(8-13(19)23)20-14(9-16(22)24)21-3-5-25-6-4-21/h1-2,7,9H,3-6,8H2,(H2,19,23). The van der Waals surface area contributed by atoms with Crippen LogP contribution in [0.15, 0.2) is 29.1 Å². The Balaban J connectivity index is 2.11. The minimum absolute atomic E-state index is 0.133. The zero-order valence-corrected chi connectivity index (χ0v) is 14.0. The predicted octanol–water partition coefficient (Wildman–Crippen LogP) is 0.889. The average molecular weight is 367 g/mol. The summed E-state index contributed by atoms with van der Waals surface area (Å²) < 4.78 is 19.9. The molecule has 0 aliphatic carbocycles. The summed E-state index contributed by atoms with van der Waals surface area (Å²) in [6, 6.07) is 5.21. The zero-order chi connectivity index (χ0) is 18.0. The Morgan fingerprint density at radius 3 is 2.68 bits per heavy atom. The fourth-order valence-electron chi connectivity index (χ4n) is 2.65. The fourth-order valence-corrected chi connectivity index (χ4v) is 2.82. The fraction of sp³-hybridized carbons (Fsp3) is 0.312. The first-order valence-electron chi connectivity index (χ1n) is 7.65. The summed E-state index contributed by atoms with van der Waals surface area (Å²) in [5.41, 5.74) is 5.20. The Hall–Kier alpha value is -2.45. The van der Waals surface area contributed by atoms with Crippen molar-refractivity contribution in [3.8, 4) is 5.69 Å². The van der Waals surface area contributed by atoms with E-state index < -0.39 is 17.3 Å². The molecule has 1 aromatic heterocycles. The lowest BCUT2D eigenvalue weighted by Gasteiger charge is -2.28. The van der Waals surface area contributed by atoms with Gasteiger partial charge in [0.05, 0.1) is 30.3 Å². The van der Waals surface area contributed by atoms with E-state index >= 15 is 0 Å². The van der Waals surface area contributed by atoms with Crippen molar-refractivity contribution in [3.05, 3.63) is 51.3 Å². The van der Waals surface area contributed by atoms with Gasteiger partial charge in [-0.15, -0.1) is 0 Å². The second-order valence-electron chi connectivity index (χ2n) is 5.55. The first-order valence-corrected chi connectivity index (χ1v) is 8.03. The normalized spacial score (nSPS) is 14.6. The molecule has 9 heteroatoms. The van der Waals surface area contributed by atoms with E-state index in [2.05, 4.69) is 4.98 Å². The first kappa shape index (κ1) is 17.4. The Morgan fingerprint density at radius 2 is 2.04 bits per heavy atom. The molecule has 0 spiro atoms. The van der Waals surface area contributed by atoms with Crippen LogP contribution in [-0.4, -0.2) is 41.8 Å². The van der Waals surface area contributed by atoms with E-state index in [4.69, 9.17) is 22.1 Å². The van der Waals surface area contributed by atoms with Gasteiger partial charge in [-0.05, 0) is 18.2 Å². The number of halogens is 2. The average Bonchev–Trinajstić information content (AvgIpc) is 2.57. The number of amides is 1. The minimum Gasteiger partial charge on any atom is -0.378 e. The van der Waals surface area contributed by atoms with E-state index in [1.165, 1.54) is 22.8 Å². The number of primary amides is 1. The Labute approximate surface area is 147 Å². The number of carbonyl (C=O) groups excluding carboxylic acids is 1. The van der Waals surface area contributed by atoms with Gasteiger partial charge in [0.25, 0.3) is 5.56 Å². The van der Waals surface area contributed by atoms with E-state index in [-0.39, 0.29) is 17.3 Å². The largest absolute Gasteiger partial charge is 0.378 e. The molecule has 2 heterocycles. The number of benzene rings is 1. The lowest BCUT2D eigenvalue weighted by Crippen LogP contribution is -2.38. The summed E-state index contributed by atoms with van der Waals surface area (Å²) in [6.07, 6.45) is -0.234. The highest BCUT2D eigenvalue weighted by Crippen LogP contribution is 2.20. The maximum atomic E-state index is 13.4. The van der Waals surface area contributed by atoms with Crippen LogP contribution in [0.25, 0.3) is 5.69 Å². The smallest absolute Gasteiger partial charge is 0.260 e. The molecule has 2 N–H and O–H groups in total. The van der Waals surface area contributed by atoms with Crippen molar-refractivity contribution in [1.82, 2.24) is 9.55 Å². The van der Waals surface area contributed by atoms with Gasteiger partial charge >= 0.3 is 0 Å². The van der Waals surface area contributed by atoms with Crippen LogP contribution >= 0.6 is 11.6 Å². The van der Waals surface area contributed by atoms with Gasteiger partial charge in [-0.2, -0.15) is 0 Å². The number of morpholine rings is 1. The number of nitrogens with two attached hydrogens (primary N) is 1. The van der Waals surface area contributed by atoms with Crippen LogP contribution in [0.2, 0.25) is 5.02 Å². The van der Waals surface area contributed by atoms with Crippen LogP contribution in [0, 0.1) is 5.82 Å². The number of hydrogen-bond donors (Lipinski definition) is 1. The molecule has 1 saturated heterocycles. The monoisotopic (exact) mass is 366 g/mol. The highest BCUT2D eigenvalue weighted by Gasteiger charge is 2.18. The van der Waals surface area contributed by atoms with Crippen LogP contribution in [0.4, 0.5) is 10.2 Å². The van der Waals surface area contributed by atoms with Crippen molar-refractivity contribution < 1.29 is 13.9 Å². The lowest BCUT2D eigenvalue weighted by atomic mass is 10.2. The van der Waals surface area contributed by atoms with E-state index in [1.54, 1.807) is 0 Å². The van der Waals surface area contributed by atoms with Gasteiger partial charge in [0, 0.05) is 19.2 Å². The quantitative estimate of drug-likeness (QED) is 0.867. The Bertz CT molecular complexity index is 865. The molecule has 0 radical (unpaired) electrons. The molecule has 1 aliphatic rings. The predicted molar refractivity (Wildman–Crippen MR) is 90.7 cm³/mol. The third-order valence-electron chi connectivity index (χ3n) is 3.80. The summed E-state index contributed by atoms with van der Waals surface area (Å²) in [7, 11) is 0. The summed E-state index contributed by atoms with van der Waals surface area (Å²) in [5, 5.41) is -0.133. The van der Waals surface area contributed by atoms with Crippen molar-refractivity contribution in [1.29, 1.82) is 0 Å². The van der Waals surface area contributed by atoms with Crippen LogP contribution < -0.4 is 16.2 Å². The van der Waals surface area contributed by atoms with Crippen molar-refractivity contribution >= 4 is 23.3 Å². The first-order chi connectivity index (χ1) is 12.0. The van der Waals surface area contributed by atoms with Gasteiger partial charge < -0.3 is 15.4 Å². The summed E-state index contributed by atoms with van der Waals surface area (Å²) in [4.78, 5) is 30.4. The third kappa shape index (κ3) is 3.80. The van der Waals surface area contributed by atoms with Gasteiger partial charge in [0.2, 0.25) is 5.91 Å². The highest BCUT2D eigenvalue weighted by atomic mass is 35.5. The molecule has 0 bridgehead atoms. The van der Waals surface area contributed by atoms with E-state index in [1.807, 2.05) is 4.90 Å². The number of rotatable bonds is 4. The molecule has 25 heavy (non-hydrogen) atoms. The SMILES string of the molecule is NC(=O)Cc1nc(N2CCOCC2)cc(=O)n1-c1ccc(F)c(Cl)c1. The van der Waals surface area contributed by atoms with Crippen molar-refractivity contribution in [2.75, 3.05) is 31.2 Å². The molecule has 1 amide bonds. The molecule has 7 nitrogen and oxygen atoms in total. The van der Waals surface area contributed by atoms with Crippen molar-refractivity contribution in [3.63, 3.8) is 0 Å². The molecule has 3 rings (SSSR count). The zero-order valence-electron chi connectivity index (χ0n) is 13.2. The number of anilines is 1. The van der Waals surface area contributed by atoms with Gasteiger partial charge in [-0.1, -0.05) is 11.6 Å². The molecule has 1 aromatic carbocycles. The maximum Gasteiger partial charge on any atom is 0.260 e. The molecule has 1 aliphatic heterocycles. The van der Waals surface area contributed by atoms with E-state index in [0.717, 1.165) is 6.07 Å². The number of carbonyl (C=O) groups is 1. The molecule has 2 aromatic rings. The minimum atomic E-state index is -0.631. The summed E-state index contributed by atoms with van der Waals surface area (Å²) >= 11 is 5.80. The third-order valence-corrected chi connectivity index (χ3v) is 4.09. The van der Waals surface area contributed by atoms with Crippen molar-refractivity contribution in [2.24, 2.45) is 5.73 Å². The summed E-state index contributed by atoms with van der Waals surface area (Å²) in [6.45, 7) is 2.25. The van der Waals surface area contributed by atoms with Crippen LogP contribution in [0.5, 0.6) is 0 Å². The topological polar surface area (TPSA) is 90.5 Å². The molecule has 1 fully saturated rings. The molecule has 132 valence electrons. The molecular weight excluding hydrogens is 351 g/mol. The van der Waals surface area contributed by atoms with Gasteiger partial charge in [0.15, 0.2) is 0 Å². The molecule has 0 unspecified atom stereocenters. The number of ether oxygens (including phenoxy) is 1.